The molecule has 2 atom stereocenters. The summed E-state index contributed by atoms with van der Waals surface area (Å²) in [5.74, 6) is -0.494. The topological polar surface area (TPSA) is 79.3 Å². The van der Waals surface area contributed by atoms with Crippen molar-refractivity contribution in [1.29, 1.82) is 0 Å². The number of aliphatic hydroxyl groups excluding tert-OH is 1. The number of esters is 2. The number of ether oxygens (including phenoxy) is 2. The largest absolute Gasteiger partial charge is 0.457 e. The number of rotatable bonds is 4. The summed E-state index contributed by atoms with van der Waals surface area (Å²) in [6, 6.07) is 4.07. The average Bonchev–Trinajstić information content (AvgIpc) is 3.36. The number of piperidine rings is 2. The summed E-state index contributed by atoms with van der Waals surface area (Å²) in [7, 11) is 0. The van der Waals surface area contributed by atoms with Crippen molar-refractivity contribution in [2.75, 3.05) is 32.8 Å². The zero-order valence-electron chi connectivity index (χ0n) is 18.9. The fraction of sp³-hybridized carbons (Fsp3) is 0.600. The molecule has 1 aromatic rings. The lowest BCUT2D eigenvalue weighted by molar-refractivity contribution is -0.135. The minimum atomic E-state index is -0.572. The molecule has 7 nitrogen and oxygen atoms in total. The van der Waals surface area contributed by atoms with E-state index in [9.17, 15) is 14.7 Å². The number of aliphatic hydroxyl groups is 1. The molecule has 4 aliphatic heterocycles. The number of β-amino-alcohol motifs (C(OH)–C–C–N with tert-alkyl or cyclic N) is 1. The maximum Gasteiger partial charge on any atom is 0.338 e. The summed E-state index contributed by atoms with van der Waals surface area (Å²) in [5.41, 5.74) is 4.78. The number of cyclic esters (lactones) is 2. The van der Waals surface area contributed by atoms with Crippen LogP contribution in [0.4, 0.5) is 0 Å². The SMILES string of the molecule is Cc1c(C(O)CN2CCC3(CC2)CCN(C2=CC(=O)OC2)C(C)C3)ccc2c1COC2=O. The minimum Gasteiger partial charge on any atom is -0.457 e. The van der Waals surface area contributed by atoms with Crippen molar-refractivity contribution >= 4 is 11.9 Å². The monoisotopic (exact) mass is 440 g/mol. The number of nitrogens with zero attached hydrogens (tertiary/aromatic N) is 2. The van der Waals surface area contributed by atoms with E-state index in [1.807, 2.05) is 13.0 Å². The van der Waals surface area contributed by atoms with Crippen LogP contribution in [0.1, 0.15) is 65.8 Å². The minimum absolute atomic E-state index is 0.225. The molecule has 0 aromatic heterocycles. The van der Waals surface area contributed by atoms with Gasteiger partial charge in [0.15, 0.2) is 0 Å². The van der Waals surface area contributed by atoms with E-state index < -0.39 is 6.10 Å². The Morgan fingerprint density at radius 1 is 1.12 bits per heavy atom. The Morgan fingerprint density at radius 2 is 1.88 bits per heavy atom. The molecule has 0 saturated carbocycles. The molecule has 0 bridgehead atoms. The van der Waals surface area contributed by atoms with Gasteiger partial charge in [-0.3, -0.25) is 0 Å². The lowest BCUT2D eigenvalue weighted by Crippen LogP contribution is -2.50. The number of fused-ring (bicyclic) bond motifs is 1. The Labute approximate surface area is 189 Å². The summed E-state index contributed by atoms with van der Waals surface area (Å²) < 4.78 is 10.2. The van der Waals surface area contributed by atoms with Crippen molar-refractivity contribution < 1.29 is 24.2 Å². The van der Waals surface area contributed by atoms with E-state index in [2.05, 4.69) is 16.7 Å². The third-order valence-electron chi connectivity index (χ3n) is 8.07. The second-order valence-corrected chi connectivity index (χ2v) is 9.94. The molecule has 32 heavy (non-hydrogen) atoms. The fourth-order valence-electron chi connectivity index (χ4n) is 6.11. The normalized spacial score (nSPS) is 26.0. The van der Waals surface area contributed by atoms with Gasteiger partial charge in [0.1, 0.15) is 13.2 Å². The Morgan fingerprint density at radius 3 is 2.56 bits per heavy atom. The lowest BCUT2D eigenvalue weighted by atomic mass is 9.69. The van der Waals surface area contributed by atoms with Crippen LogP contribution in [-0.4, -0.2) is 65.7 Å². The molecule has 2 saturated heterocycles. The van der Waals surface area contributed by atoms with Crippen LogP contribution in [0.25, 0.3) is 0 Å². The van der Waals surface area contributed by atoms with Crippen molar-refractivity contribution in [1.82, 2.24) is 9.80 Å². The second kappa shape index (κ2) is 8.19. The summed E-state index contributed by atoms with van der Waals surface area (Å²) >= 11 is 0. The predicted octanol–water partition coefficient (Wildman–Crippen LogP) is 2.71. The van der Waals surface area contributed by atoms with Crippen LogP contribution >= 0.6 is 0 Å². The third-order valence-corrected chi connectivity index (χ3v) is 8.07. The molecule has 1 spiro atoms. The van der Waals surface area contributed by atoms with Gasteiger partial charge in [-0.05, 0) is 75.2 Å². The molecule has 0 radical (unpaired) electrons. The summed E-state index contributed by atoms with van der Waals surface area (Å²) in [4.78, 5) is 27.9. The molecular weight excluding hydrogens is 408 g/mol. The molecule has 0 amide bonds. The van der Waals surface area contributed by atoms with Crippen molar-refractivity contribution in [3.63, 3.8) is 0 Å². The first kappa shape index (κ1) is 21.5. The van der Waals surface area contributed by atoms with Crippen LogP contribution in [0.2, 0.25) is 0 Å². The van der Waals surface area contributed by atoms with Crippen LogP contribution in [-0.2, 0) is 20.9 Å². The number of benzene rings is 1. The molecule has 5 rings (SSSR count). The van der Waals surface area contributed by atoms with E-state index in [0.29, 0.717) is 36.8 Å². The highest BCUT2D eigenvalue weighted by Gasteiger charge is 2.41. The average molecular weight is 441 g/mol. The van der Waals surface area contributed by atoms with Crippen LogP contribution < -0.4 is 0 Å². The van der Waals surface area contributed by atoms with E-state index in [0.717, 1.165) is 67.7 Å². The van der Waals surface area contributed by atoms with Gasteiger partial charge >= 0.3 is 11.9 Å². The molecule has 4 heterocycles. The maximum atomic E-state index is 11.8. The Hall–Kier alpha value is -2.38. The van der Waals surface area contributed by atoms with Crippen LogP contribution in [0.5, 0.6) is 0 Å². The number of carbonyl (C=O) groups excluding carboxylic acids is 2. The first-order valence-electron chi connectivity index (χ1n) is 11.7. The van der Waals surface area contributed by atoms with E-state index in [1.165, 1.54) is 0 Å². The van der Waals surface area contributed by atoms with Gasteiger partial charge in [0.2, 0.25) is 0 Å². The molecule has 7 heteroatoms. The summed E-state index contributed by atoms with van der Waals surface area (Å²) in [6.07, 6.45) is 5.61. The molecule has 2 fully saturated rings. The quantitative estimate of drug-likeness (QED) is 0.721. The van der Waals surface area contributed by atoms with Gasteiger partial charge in [-0.25, -0.2) is 9.59 Å². The highest BCUT2D eigenvalue weighted by atomic mass is 16.5. The molecule has 0 aliphatic carbocycles. The van der Waals surface area contributed by atoms with Gasteiger partial charge in [0.05, 0.1) is 17.4 Å². The van der Waals surface area contributed by atoms with Crippen molar-refractivity contribution in [2.24, 2.45) is 5.41 Å². The van der Waals surface area contributed by atoms with Crippen LogP contribution in [0, 0.1) is 12.3 Å². The van der Waals surface area contributed by atoms with Crippen molar-refractivity contribution in [3.05, 3.63) is 46.2 Å². The van der Waals surface area contributed by atoms with Crippen LogP contribution in [0.3, 0.4) is 0 Å². The van der Waals surface area contributed by atoms with Gasteiger partial charge in [0.25, 0.3) is 0 Å². The van der Waals surface area contributed by atoms with Gasteiger partial charge in [-0.1, -0.05) is 6.07 Å². The zero-order valence-corrected chi connectivity index (χ0v) is 18.9. The Balaban J connectivity index is 1.18. The van der Waals surface area contributed by atoms with E-state index in [4.69, 9.17) is 9.47 Å². The molecule has 172 valence electrons. The maximum absolute atomic E-state index is 11.8. The lowest BCUT2D eigenvalue weighted by Gasteiger charge is -2.50. The smallest absolute Gasteiger partial charge is 0.338 e. The fourth-order valence-corrected chi connectivity index (χ4v) is 6.11. The second-order valence-electron chi connectivity index (χ2n) is 9.94. The Bertz CT molecular complexity index is 963. The zero-order chi connectivity index (χ0) is 22.5. The van der Waals surface area contributed by atoms with E-state index in [-0.39, 0.29) is 11.9 Å². The molecule has 2 unspecified atom stereocenters. The van der Waals surface area contributed by atoms with Crippen molar-refractivity contribution in [3.8, 4) is 0 Å². The molecular formula is C25H32N2O5. The van der Waals surface area contributed by atoms with Gasteiger partial charge in [-0.2, -0.15) is 0 Å². The van der Waals surface area contributed by atoms with Gasteiger partial charge in [-0.15, -0.1) is 0 Å². The number of hydrogen-bond donors (Lipinski definition) is 1. The number of hydrogen-bond acceptors (Lipinski definition) is 7. The molecule has 1 aromatic carbocycles. The highest BCUT2D eigenvalue weighted by Crippen LogP contribution is 2.44. The first-order valence-corrected chi connectivity index (χ1v) is 11.7. The molecule has 1 N–H and O–H groups in total. The van der Waals surface area contributed by atoms with Gasteiger partial charge in [0, 0.05) is 30.8 Å². The third kappa shape index (κ3) is 3.82. The number of likely N-dealkylation sites (tertiary alicyclic amines) is 2. The highest BCUT2D eigenvalue weighted by molar-refractivity contribution is 5.94. The summed E-state index contributed by atoms with van der Waals surface area (Å²) in [5, 5.41) is 11.0. The Kier molecular flexibility index (Phi) is 5.50. The standard InChI is InChI=1S/C25H32N2O5/c1-16-12-25(7-10-27(16)18-11-23(29)31-14-18)5-8-26(9-6-25)13-22(28)19-3-4-20-21(17(19)2)15-32-24(20)30/h3-4,11,16,22,28H,5-10,12-15H2,1-2H3. The first-order chi connectivity index (χ1) is 15.3. The van der Waals surface area contributed by atoms with Gasteiger partial charge < -0.3 is 24.4 Å². The van der Waals surface area contributed by atoms with Crippen molar-refractivity contribution in [2.45, 2.75) is 58.3 Å². The predicted molar refractivity (Wildman–Crippen MR) is 118 cm³/mol. The number of carbonyl (C=O) groups is 2. The van der Waals surface area contributed by atoms with Crippen LogP contribution in [0.15, 0.2) is 23.9 Å². The van der Waals surface area contributed by atoms with E-state index >= 15 is 0 Å². The van der Waals surface area contributed by atoms with E-state index in [1.54, 1.807) is 12.1 Å². The molecule has 4 aliphatic rings. The summed E-state index contributed by atoms with van der Waals surface area (Å²) in [6.45, 7) is 8.49.